The van der Waals surface area contributed by atoms with E-state index in [0.717, 1.165) is 32.7 Å². The average molecular weight is 528 g/mol. The van der Waals surface area contributed by atoms with Crippen LogP contribution in [0.25, 0.3) is 21.3 Å². The summed E-state index contributed by atoms with van der Waals surface area (Å²) in [5, 5.41) is 0.621. The number of benzene rings is 3. The molecule has 6 nitrogen and oxygen atoms in total. The molecule has 0 fully saturated rings. The van der Waals surface area contributed by atoms with Gasteiger partial charge < -0.3 is 0 Å². The molecule has 0 aliphatic carbocycles. The van der Waals surface area contributed by atoms with Crippen LogP contribution in [0.4, 0.5) is 0 Å². The normalized spacial score (nSPS) is 14.1. The number of aromatic nitrogens is 2. The van der Waals surface area contributed by atoms with E-state index in [2.05, 4.69) is 29.2 Å². The van der Waals surface area contributed by atoms with Gasteiger partial charge in [0.15, 0.2) is 0 Å². The lowest BCUT2D eigenvalue weighted by Crippen LogP contribution is -2.35. The van der Waals surface area contributed by atoms with Crippen LogP contribution >= 0.6 is 11.3 Å². The molecule has 0 N–H and O–H groups in total. The second kappa shape index (κ2) is 9.37. The molecule has 0 amide bonds. The van der Waals surface area contributed by atoms with Gasteiger partial charge in [-0.1, -0.05) is 72.3 Å². The van der Waals surface area contributed by atoms with Crippen molar-refractivity contribution in [2.45, 2.75) is 31.3 Å². The van der Waals surface area contributed by atoms with Crippen molar-refractivity contribution in [3.05, 3.63) is 117 Å². The number of hydrogen-bond donors (Lipinski definition) is 0. The molecule has 0 radical (unpaired) electrons. The van der Waals surface area contributed by atoms with Gasteiger partial charge in [0.1, 0.15) is 4.83 Å². The lowest BCUT2D eigenvalue weighted by Gasteiger charge is -2.26. The first-order valence-corrected chi connectivity index (χ1v) is 14.4. The van der Waals surface area contributed by atoms with E-state index in [1.807, 2.05) is 49.4 Å². The topological polar surface area (TPSA) is 72.3 Å². The summed E-state index contributed by atoms with van der Waals surface area (Å²) in [7, 11) is -3.61. The molecule has 0 saturated carbocycles. The van der Waals surface area contributed by atoms with Crippen molar-refractivity contribution in [3.8, 4) is 11.1 Å². The quantitative estimate of drug-likeness (QED) is 0.314. The van der Waals surface area contributed by atoms with Crippen LogP contribution in [0.1, 0.15) is 21.6 Å². The third-order valence-electron chi connectivity index (χ3n) is 6.87. The summed E-state index contributed by atoms with van der Waals surface area (Å²) in [5.74, 6) is 0. The molecule has 1 aliphatic rings. The van der Waals surface area contributed by atoms with E-state index in [1.54, 1.807) is 23.0 Å². The van der Waals surface area contributed by atoms with Crippen LogP contribution in [0.3, 0.4) is 0 Å². The molecule has 6 rings (SSSR count). The third-order valence-corrected chi connectivity index (χ3v) is 9.85. The number of aryl methyl sites for hydroxylation is 1. The molecule has 3 heterocycles. The monoisotopic (exact) mass is 527 g/mol. The zero-order chi connectivity index (χ0) is 25.6. The summed E-state index contributed by atoms with van der Waals surface area (Å²) in [6.07, 6.45) is 2.09. The van der Waals surface area contributed by atoms with Crippen LogP contribution in [0.5, 0.6) is 0 Å². The zero-order valence-corrected chi connectivity index (χ0v) is 21.9. The molecule has 5 aromatic rings. The summed E-state index contributed by atoms with van der Waals surface area (Å²) >= 11 is 1.42. The highest BCUT2D eigenvalue weighted by atomic mass is 32.2. The highest BCUT2D eigenvalue weighted by Gasteiger charge is 2.31. The van der Waals surface area contributed by atoms with Crippen LogP contribution in [0, 0.1) is 6.92 Å². The van der Waals surface area contributed by atoms with Crippen molar-refractivity contribution < 1.29 is 8.42 Å². The first kappa shape index (κ1) is 23.8. The van der Waals surface area contributed by atoms with E-state index in [0.29, 0.717) is 34.6 Å². The number of thiophene rings is 1. The van der Waals surface area contributed by atoms with Crippen molar-refractivity contribution in [1.82, 2.24) is 13.9 Å². The Morgan fingerprint density at radius 2 is 1.62 bits per heavy atom. The maximum atomic E-state index is 13.5. The lowest BCUT2D eigenvalue weighted by molar-refractivity contribution is 0.396. The van der Waals surface area contributed by atoms with Crippen LogP contribution in [0.15, 0.2) is 94.9 Å². The SMILES string of the molecule is Cc1ccc(S(=O)(=O)N2CCc3c(sc4ncn(Cc5ccc(-c6ccccc6)cc5)c(=O)c34)C2)cc1. The maximum Gasteiger partial charge on any atom is 0.262 e. The molecule has 0 unspecified atom stereocenters. The molecule has 0 bridgehead atoms. The molecule has 1 aliphatic heterocycles. The zero-order valence-electron chi connectivity index (χ0n) is 20.3. The van der Waals surface area contributed by atoms with E-state index in [1.165, 1.54) is 15.6 Å². The van der Waals surface area contributed by atoms with Gasteiger partial charge in [-0.2, -0.15) is 4.31 Å². The standard InChI is InChI=1S/C29H25N3O3S2/c1-20-7-13-24(14-8-20)37(34,35)32-16-15-25-26(18-32)36-28-27(25)29(33)31(19-30-28)17-21-9-11-23(12-10-21)22-5-3-2-4-6-22/h2-14,19H,15-18H2,1H3. The molecule has 8 heteroatoms. The molecular formula is C29H25N3O3S2. The minimum Gasteiger partial charge on any atom is -0.294 e. The van der Waals surface area contributed by atoms with E-state index in [9.17, 15) is 13.2 Å². The molecule has 0 spiro atoms. The van der Waals surface area contributed by atoms with Gasteiger partial charge in [0.05, 0.1) is 23.2 Å². The summed E-state index contributed by atoms with van der Waals surface area (Å²) in [6.45, 7) is 2.95. The third kappa shape index (κ3) is 4.41. The molecular weight excluding hydrogens is 502 g/mol. The number of sulfonamides is 1. The highest BCUT2D eigenvalue weighted by molar-refractivity contribution is 7.89. The first-order valence-electron chi connectivity index (χ1n) is 12.1. The number of nitrogens with zero attached hydrogens (tertiary/aromatic N) is 3. The van der Waals surface area contributed by atoms with Crippen molar-refractivity contribution >= 4 is 31.6 Å². The minimum atomic E-state index is -3.61. The Labute approximate surface area is 219 Å². The van der Waals surface area contributed by atoms with Gasteiger partial charge in [-0.15, -0.1) is 11.3 Å². The van der Waals surface area contributed by atoms with Gasteiger partial charge in [-0.25, -0.2) is 13.4 Å². The van der Waals surface area contributed by atoms with Crippen molar-refractivity contribution in [3.63, 3.8) is 0 Å². The van der Waals surface area contributed by atoms with E-state index in [4.69, 9.17) is 0 Å². The predicted molar refractivity (Wildman–Crippen MR) is 147 cm³/mol. The van der Waals surface area contributed by atoms with Gasteiger partial charge >= 0.3 is 0 Å². The summed E-state index contributed by atoms with van der Waals surface area (Å²) < 4.78 is 29.6. The fourth-order valence-electron chi connectivity index (χ4n) is 4.80. The van der Waals surface area contributed by atoms with Crippen LogP contribution < -0.4 is 5.56 Å². The van der Waals surface area contributed by atoms with Gasteiger partial charge in [-0.05, 0) is 47.7 Å². The maximum absolute atomic E-state index is 13.5. The molecule has 3 aromatic carbocycles. The molecule has 2 aromatic heterocycles. The van der Waals surface area contributed by atoms with Gasteiger partial charge in [0.2, 0.25) is 10.0 Å². The van der Waals surface area contributed by atoms with Gasteiger partial charge in [-0.3, -0.25) is 9.36 Å². The summed E-state index contributed by atoms with van der Waals surface area (Å²) in [4.78, 5) is 19.9. The Hall–Kier alpha value is -3.59. The fourth-order valence-corrected chi connectivity index (χ4v) is 7.49. The second-order valence-corrected chi connectivity index (χ2v) is 12.3. The second-order valence-electron chi connectivity index (χ2n) is 9.33. The summed E-state index contributed by atoms with van der Waals surface area (Å²) in [5.41, 5.74) is 5.16. The Bertz CT molecular complexity index is 1760. The van der Waals surface area contributed by atoms with Crippen molar-refractivity contribution in [2.75, 3.05) is 6.54 Å². The lowest BCUT2D eigenvalue weighted by atomic mass is 10.0. The highest BCUT2D eigenvalue weighted by Crippen LogP contribution is 2.34. The molecule has 37 heavy (non-hydrogen) atoms. The van der Waals surface area contributed by atoms with E-state index < -0.39 is 10.0 Å². The Kier molecular flexibility index (Phi) is 6.03. The predicted octanol–water partition coefficient (Wildman–Crippen LogP) is 5.23. The fraction of sp³-hybridized carbons (Fsp3) is 0.172. The van der Waals surface area contributed by atoms with Crippen LogP contribution in [-0.2, 0) is 29.5 Å². The largest absolute Gasteiger partial charge is 0.294 e. The molecule has 0 atom stereocenters. The minimum absolute atomic E-state index is 0.0792. The van der Waals surface area contributed by atoms with Crippen molar-refractivity contribution in [2.24, 2.45) is 0 Å². The molecule has 0 saturated heterocycles. The van der Waals surface area contributed by atoms with Gasteiger partial charge in [0, 0.05) is 18.0 Å². The number of rotatable bonds is 5. The molecule has 186 valence electrons. The van der Waals surface area contributed by atoms with Crippen molar-refractivity contribution in [1.29, 1.82) is 0 Å². The first-order chi connectivity index (χ1) is 17.9. The Morgan fingerprint density at radius 3 is 2.35 bits per heavy atom. The van der Waals surface area contributed by atoms with Crippen LogP contribution in [0.2, 0.25) is 0 Å². The Balaban J connectivity index is 1.27. The van der Waals surface area contributed by atoms with E-state index in [-0.39, 0.29) is 12.1 Å². The van der Waals surface area contributed by atoms with Crippen LogP contribution in [-0.4, -0.2) is 28.8 Å². The van der Waals surface area contributed by atoms with Gasteiger partial charge in [0.25, 0.3) is 5.56 Å². The number of fused-ring (bicyclic) bond motifs is 3. The number of hydrogen-bond acceptors (Lipinski definition) is 5. The Morgan fingerprint density at radius 1 is 0.919 bits per heavy atom. The average Bonchev–Trinajstić information content (AvgIpc) is 3.30. The smallest absolute Gasteiger partial charge is 0.262 e. The van der Waals surface area contributed by atoms with E-state index >= 15 is 0 Å². The summed E-state index contributed by atoms with van der Waals surface area (Å²) in [6, 6.07) is 25.3.